The third kappa shape index (κ3) is 3.58. The number of anilines is 1. The molecule has 0 unspecified atom stereocenters. The summed E-state index contributed by atoms with van der Waals surface area (Å²) in [6.45, 7) is 4.41. The maximum atomic E-state index is 2.28. The highest BCUT2D eigenvalue weighted by atomic mass is 15.1. The van der Waals surface area contributed by atoms with Crippen LogP contribution in [0.3, 0.4) is 0 Å². The molecule has 1 aromatic rings. The summed E-state index contributed by atoms with van der Waals surface area (Å²) in [5.41, 5.74) is 4.21. The Morgan fingerprint density at radius 3 is 2.47 bits per heavy atom. The van der Waals surface area contributed by atoms with Gasteiger partial charge in [0.25, 0.3) is 0 Å². The van der Waals surface area contributed by atoms with E-state index in [1.807, 2.05) is 0 Å². The van der Waals surface area contributed by atoms with Gasteiger partial charge in [0.2, 0.25) is 0 Å². The molecule has 1 heteroatoms. The Kier molecular flexibility index (Phi) is 4.67. The number of rotatable bonds is 5. The van der Waals surface area contributed by atoms with E-state index >= 15 is 0 Å². The first-order chi connectivity index (χ1) is 7.15. The van der Waals surface area contributed by atoms with Gasteiger partial charge in [0.1, 0.15) is 0 Å². The maximum absolute atomic E-state index is 2.28. The first kappa shape index (κ1) is 12.1. The molecule has 1 aromatic carbocycles. The number of nitrogens with zero attached hydrogens (tertiary/aromatic N) is 1. The summed E-state index contributed by atoms with van der Waals surface area (Å²) in [5.74, 6) is 0. The Bertz CT molecular complexity index is 302. The average Bonchev–Trinajstić information content (AvgIpc) is 2.20. The van der Waals surface area contributed by atoms with Gasteiger partial charge in [0.15, 0.2) is 0 Å². The molecule has 84 valence electrons. The van der Waals surface area contributed by atoms with Gasteiger partial charge in [0.05, 0.1) is 0 Å². The average molecular weight is 205 g/mol. The normalized spacial score (nSPS) is 10.4. The Hall–Kier alpha value is -0.980. The van der Waals surface area contributed by atoms with Crippen molar-refractivity contribution in [1.82, 2.24) is 0 Å². The van der Waals surface area contributed by atoms with Crippen molar-refractivity contribution in [2.45, 2.75) is 39.5 Å². The van der Waals surface area contributed by atoms with Crippen LogP contribution < -0.4 is 4.90 Å². The van der Waals surface area contributed by atoms with Crippen molar-refractivity contribution in [3.05, 3.63) is 29.3 Å². The van der Waals surface area contributed by atoms with Crippen LogP contribution in [0.15, 0.2) is 18.2 Å². The monoisotopic (exact) mass is 205 g/mol. The predicted molar refractivity (Wildman–Crippen MR) is 68.7 cm³/mol. The fourth-order valence-corrected chi connectivity index (χ4v) is 1.87. The van der Waals surface area contributed by atoms with Crippen LogP contribution in [0.5, 0.6) is 0 Å². The van der Waals surface area contributed by atoms with Gasteiger partial charge in [-0.3, -0.25) is 0 Å². The summed E-state index contributed by atoms with van der Waals surface area (Å²) in [6, 6.07) is 6.77. The van der Waals surface area contributed by atoms with E-state index in [1.54, 1.807) is 0 Å². The predicted octanol–water partition coefficient (Wildman–Crippen LogP) is 3.79. The molecule has 1 nitrogen and oxygen atoms in total. The highest BCUT2D eigenvalue weighted by molar-refractivity contribution is 5.54. The highest BCUT2D eigenvalue weighted by Crippen LogP contribution is 2.22. The second kappa shape index (κ2) is 5.79. The van der Waals surface area contributed by atoms with E-state index in [-0.39, 0.29) is 0 Å². The summed E-state index contributed by atoms with van der Waals surface area (Å²) in [5, 5.41) is 0. The molecule has 0 aliphatic carbocycles. The molecule has 0 spiro atoms. The lowest BCUT2D eigenvalue weighted by Gasteiger charge is -2.18. The van der Waals surface area contributed by atoms with Crippen molar-refractivity contribution in [2.75, 3.05) is 19.0 Å². The summed E-state index contributed by atoms with van der Waals surface area (Å²) in [6.07, 6.45) is 5.14. The van der Waals surface area contributed by atoms with Crippen molar-refractivity contribution >= 4 is 5.69 Å². The van der Waals surface area contributed by atoms with Gasteiger partial charge in [-0.1, -0.05) is 31.9 Å². The summed E-state index contributed by atoms with van der Waals surface area (Å²) < 4.78 is 0. The third-order valence-corrected chi connectivity index (χ3v) is 2.77. The fraction of sp³-hybridized carbons (Fsp3) is 0.571. The molecule has 0 amide bonds. The molecule has 0 aliphatic rings. The number of aryl methyl sites for hydroxylation is 2. The van der Waals surface area contributed by atoms with Crippen LogP contribution in [0.25, 0.3) is 0 Å². The van der Waals surface area contributed by atoms with Crippen molar-refractivity contribution in [3.8, 4) is 0 Å². The molecule has 0 N–H and O–H groups in total. The minimum atomic E-state index is 1.21. The fourth-order valence-electron chi connectivity index (χ4n) is 1.87. The summed E-state index contributed by atoms with van der Waals surface area (Å²) in [4.78, 5) is 2.22. The van der Waals surface area contributed by atoms with Gasteiger partial charge in [-0.05, 0) is 37.0 Å². The van der Waals surface area contributed by atoms with Crippen molar-refractivity contribution in [3.63, 3.8) is 0 Å². The topological polar surface area (TPSA) is 3.24 Å². The third-order valence-electron chi connectivity index (χ3n) is 2.77. The van der Waals surface area contributed by atoms with Gasteiger partial charge >= 0.3 is 0 Å². The van der Waals surface area contributed by atoms with E-state index in [4.69, 9.17) is 0 Å². The van der Waals surface area contributed by atoms with E-state index in [0.29, 0.717) is 0 Å². The zero-order valence-corrected chi connectivity index (χ0v) is 10.5. The SMILES string of the molecule is CCCCCc1ccc(C)cc1N(C)C. The molecule has 0 fully saturated rings. The zero-order valence-electron chi connectivity index (χ0n) is 10.5. The molecular weight excluding hydrogens is 182 g/mol. The molecule has 0 aromatic heterocycles. The van der Waals surface area contributed by atoms with Crippen molar-refractivity contribution in [2.24, 2.45) is 0 Å². The van der Waals surface area contributed by atoms with E-state index < -0.39 is 0 Å². The van der Waals surface area contributed by atoms with Gasteiger partial charge < -0.3 is 4.90 Å². The number of hydrogen-bond donors (Lipinski definition) is 0. The molecule has 0 aliphatic heterocycles. The Morgan fingerprint density at radius 2 is 1.87 bits per heavy atom. The zero-order chi connectivity index (χ0) is 11.3. The van der Waals surface area contributed by atoms with E-state index in [9.17, 15) is 0 Å². The smallest absolute Gasteiger partial charge is 0.0396 e. The summed E-state index contributed by atoms with van der Waals surface area (Å²) >= 11 is 0. The van der Waals surface area contributed by atoms with Crippen LogP contribution in [0.1, 0.15) is 37.3 Å². The standard InChI is InChI=1S/C14H23N/c1-5-6-7-8-13-10-9-12(2)11-14(13)15(3)4/h9-11H,5-8H2,1-4H3. The van der Waals surface area contributed by atoms with Crippen LogP contribution >= 0.6 is 0 Å². The van der Waals surface area contributed by atoms with Crippen LogP contribution in [-0.4, -0.2) is 14.1 Å². The van der Waals surface area contributed by atoms with E-state index in [1.165, 1.54) is 42.5 Å². The Labute approximate surface area is 94.1 Å². The van der Waals surface area contributed by atoms with E-state index in [0.717, 1.165) is 0 Å². The van der Waals surface area contributed by atoms with Gasteiger partial charge in [-0.15, -0.1) is 0 Å². The first-order valence-corrected chi connectivity index (χ1v) is 5.92. The largest absolute Gasteiger partial charge is 0.377 e. The second-order valence-corrected chi connectivity index (χ2v) is 4.48. The number of benzene rings is 1. The van der Waals surface area contributed by atoms with Crippen LogP contribution in [0, 0.1) is 6.92 Å². The highest BCUT2D eigenvalue weighted by Gasteiger charge is 2.04. The quantitative estimate of drug-likeness (QED) is 0.661. The molecule has 1 rings (SSSR count). The Balaban J connectivity index is 2.77. The lowest BCUT2D eigenvalue weighted by Crippen LogP contribution is -2.11. The molecule has 15 heavy (non-hydrogen) atoms. The lowest BCUT2D eigenvalue weighted by atomic mass is 10.0. The van der Waals surface area contributed by atoms with Gasteiger partial charge in [0, 0.05) is 19.8 Å². The van der Waals surface area contributed by atoms with Crippen molar-refractivity contribution < 1.29 is 0 Å². The van der Waals surface area contributed by atoms with Crippen LogP contribution in [0.4, 0.5) is 5.69 Å². The molecule has 0 saturated carbocycles. The number of hydrogen-bond acceptors (Lipinski definition) is 1. The molecule has 0 bridgehead atoms. The van der Waals surface area contributed by atoms with Crippen LogP contribution in [-0.2, 0) is 6.42 Å². The molecule has 0 heterocycles. The van der Waals surface area contributed by atoms with Gasteiger partial charge in [-0.2, -0.15) is 0 Å². The lowest BCUT2D eigenvalue weighted by molar-refractivity contribution is 0.716. The minimum Gasteiger partial charge on any atom is -0.377 e. The van der Waals surface area contributed by atoms with Crippen LogP contribution in [0.2, 0.25) is 0 Å². The molecular formula is C14H23N. The minimum absolute atomic E-state index is 1.21. The first-order valence-electron chi connectivity index (χ1n) is 5.92. The molecule has 0 atom stereocenters. The summed E-state index contributed by atoms with van der Waals surface area (Å²) in [7, 11) is 4.25. The Morgan fingerprint density at radius 1 is 1.13 bits per heavy atom. The van der Waals surface area contributed by atoms with Crippen molar-refractivity contribution in [1.29, 1.82) is 0 Å². The second-order valence-electron chi connectivity index (χ2n) is 4.48. The maximum Gasteiger partial charge on any atom is 0.0396 e. The number of unbranched alkanes of at least 4 members (excludes halogenated alkanes) is 2. The molecule has 0 saturated heterocycles. The van der Waals surface area contributed by atoms with Gasteiger partial charge in [-0.25, -0.2) is 0 Å². The molecule has 0 radical (unpaired) electrons. The van der Waals surface area contributed by atoms with E-state index in [2.05, 4.69) is 51.0 Å².